The maximum absolute atomic E-state index is 12.9. The van der Waals surface area contributed by atoms with E-state index >= 15 is 0 Å². The molecule has 21 heavy (non-hydrogen) atoms. The van der Waals surface area contributed by atoms with Gasteiger partial charge in [0.1, 0.15) is 0 Å². The summed E-state index contributed by atoms with van der Waals surface area (Å²) in [5.74, 6) is -1.16. The number of carbonyl (C=O) groups excluding carboxylic acids is 1. The van der Waals surface area contributed by atoms with Crippen LogP contribution < -0.4 is 0 Å². The lowest BCUT2D eigenvalue weighted by Gasteiger charge is -2.32. The SMILES string of the molecule is CCCCN(C(=O)[C@H]1CC(CC)C[C@H]1C(=O)O)C(C)CC. The van der Waals surface area contributed by atoms with Crippen molar-refractivity contribution in [1.82, 2.24) is 4.90 Å². The van der Waals surface area contributed by atoms with Crippen molar-refractivity contribution >= 4 is 11.9 Å². The number of carboxylic acids is 1. The Morgan fingerprint density at radius 3 is 2.29 bits per heavy atom. The summed E-state index contributed by atoms with van der Waals surface area (Å²) in [5.41, 5.74) is 0. The van der Waals surface area contributed by atoms with Crippen LogP contribution in [0.1, 0.15) is 66.2 Å². The molecule has 122 valence electrons. The maximum Gasteiger partial charge on any atom is 0.307 e. The van der Waals surface area contributed by atoms with Crippen LogP contribution >= 0.6 is 0 Å². The Hall–Kier alpha value is -1.06. The molecule has 1 N–H and O–H groups in total. The van der Waals surface area contributed by atoms with Crippen molar-refractivity contribution in [2.45, 2.75) is 72.3 Å². The lowest BCUT2D eigenvalue weighted by Crippen LogP contribution is -2.44. The van der Waals surface area contributed by atoms with E-state index in [4.69, 9.17) is 0 Å². The molecule has 0 aromatic heterocycles. The van der Waals surface area contributed by atoms with Crippen molar-refractivity contribution < 1.29 is 14.7 Å². The van der Waals surface area contributed by atoms with Gasteiger partial charge in [-0.1, -0.05) is 33.6 Å². The minimum atomic E-state index is -0.802. The zero-order chi connectivity index (χ0) is 16.0. The van der Waals surface area contributed by atoms with Crippen LogP contribution in [0.15, 0.2) is 0 Å². The number of amides is 1. The first-order valence-electron chi connectivity index (χ1n) is 8.49. The fourth-order valence-corrected chi connectivity index (χ4v) is 3.33. The second-order valence-corrected chi connectivity index (χ2v) is 6.44. The number of carboxylic acid groups (broad SMARTS) is 1. The van der Waals surface area contributed by atoms with Gasteiger partial charge in [0.2, 0.25) is 5.91 Å². The molecule has 1 amide bonds. The molecule has 1 saturated carbocycles. The summed E-state index contributed by atoms with van der Waals surface area (Å²) in [6, 6.07) is 0.194. The van der Waals surface area contributed by atoms with Crippen molar-refractivity contribution in [3.63, 3.8) is 0 Å². The molecule has 4 atom stereocenters. The molecule has 1 fully saturated rings. The molecule has 0 radical (unpaired) electrons. The summed E-state index contributed by atoms with van der Waals surface area (Å²) in [6.07, 6.45) is 5.31. The Morgan fingerprint density at radius 1 is 1.19 bits per heavy atom. The second kappa shape index (κ2) is 8.40. The van der Waals surface area contributed by atoms with Crippen LogP contribution in [-0.2, 0) is 9.59 Å². The van der Waals surface area contributed by atoms with Gasteiger partial charge in [-0.2, -0.15) is 0 Å². The van der Waals surface area contributed by atoms with Crippen LogP contribution in [0.4, 0.5) is 0 Å². The van der Waals surface area contributed by atoms with E-state index in [1.165, 1.54) is 0 Å². The van der Waals surface area contributed by atoms with E-state index in [0.29, 0.717) is 12.3 Å². The third kappa shape index (κ3) is 4.45. The topological polar surface area (TPSA) is 57.6 Å². The largest absolute Gasteiger partial charge is 0.481 e. The van der Waals surface area contributed by atoms with E-state index in [-0.39, 0.29) is 17.9 Å². The third-order valence-electron chi connectivity index (χ3n) is 5.03. The van der Waals surface area contributed by atoms with Crippen LogP contribution in [0.25, 0.3) is 0 Å². The van der Waals surface area contributed by atoms with Crippen LogP contribution in [0.2, 0.25) is 0 Å². The lowest BCUT2D eigenvalue weighted by atomic mass is 9.94. The first-order valence-corrected chi connectivity index (χ1v) is 8.49. The van der Waals surface area contributed by atoms with Crippen molar-refractivity contribution in [1.29, 1.82) is 0 Å². The Bertz CT molecular complexity index is 356. The molecule has 0 saturated heterocycles. The van der Waals surface area contributed by atoms with E-state index in [1.54, 1.807) is 0 Å². The zero-order valence-corrected chi connectivity index (χ0v) is 14.0. The predicted octanol–water partition coefficient (Wildman–Crippen LogP) is 3.55. The minimum absolute atomic E-state index is 0.0705. The number of hydrogen-bond acceptors (Lipinski definition) is 2. The summed E-state index contributed by atoms with van der Waals surface area (Å²) in [5, 5.41) is 9.43. The zero-order valence-electron chi connectivity index (χ0n) is 14.0. The Balaban J connectivity index is 2.87. The number of aliphatic carboxylic acids is 1. The number of carbonyl (C=O) groups is 2. The summed E-state index contributed by atoms with van der Waals surface area (Å²) >= 11 is 0. The minimum Gasteiger partial charge on any atom is -0.481 e. The van der Waals surface area contributed by atoms with Crippen LogP contribution in [0, 0.1) is 17.8 Å². The molecule has 1 aliphatic rings. The van der Waals surface area contributed by atoms with Crippen LogP contribution in [-0.4, -0.2) is 34.5 Å². The Labute approximate surface area is 128 Å². The van der Waals surface area contributed by atoms with E-state index in [0.717, 1.165) is 38.6 Å². The molecule has 2 unspecified atom stereocenters. The summed E-state index contributed by atoms with van der Waals surface area (Å²) in [6.45, 7) is 9.09. The van der Waals surface area contributed by atoms with Crippen molar-refractivity contribution in [3.8, 4) is 0 Å². The van der Waals surface area contributed by atoms with Gasteiger partial charge in [0.15, 0.2) is 0 Å². The molecule has 1 rings (SSSR count). The van der Waals surface area contributed by atoms with E-state index < -0.39 is 11.9 Å². The number of hydrogen-bond donors (Lipinski definition) is 1. The molecule has 0 aromatic carbocycles. The molecule has 4 nitrogen and oxygen atoms in total. The van der Waals surface area contributed by atoms with Gasteiger partial charge in [-0.3, -0.25) is 9.59 Å². The summed E-state index contributed by atoms with van der Waals surface area (Å²) in [4.78, 5) is 26.3. The molecule has 4 heteroatoms. The highest BCUT2D eigenvalue weighted by Gasteiger charge is 2.44. The van der Waals surface area contributed by atoms with E-state index in [9.17, 15) is 14.7 Å². The van der Waals surface area contributed by atoms with Crippen molar-refractivity contribution in [3.05, 3.63) is 0 Å². The second-order valence-electron chi connectivity index (χ2n) is 6.44. The van der Waals surface area contributed by atoms with Crippen LogP contribution in [0.3, 0.4) is 0 Å². The highest BCUT2D eigenvalue weighted by Crippen LogP contribution is 2.39. The van der Waals surface area contributed by atoms with Gasteiger partial charge < -0.3 is 10.0 Å². The van der Waals surface area contributed by atoms with Crippen molar-refractivity contribution in [2.24, 2.45) is 17.8 Å². The monoisotopic (exact) mass is 297 g/mol. The third-order valence-corrected chi connectivity index (χ3v) is 5.03. The Morgan fingerprint density at radius 2 is 1.81 bits per heavy atom. The molecule has 0 spiro atoms. The van der Waals surface area contributed by atoms with E-state index in [2.05, 4.69) is 27.7 Å². The molecule has 0 bridgehead atoms. The van der Waals surface area contributed by atoms with Gasteiger partial charge in [-0.15, -0.1) is 0 Å². The highest BCUT2D eigenvalue weighted by molar-refractivity contribution is 5.85. The van der Waals surface area contributed by atoms with Gasteiger partial charge in [0.25, 0.3) is 0 Å². The molecular weight excluding hydrogens is 266 g/mol. The highest BCUT2D eigenvalue weighted by atomic mass is 16.4. The fourth-order valence-electron chi connectivity index (χ4n) is 3.33. The lowest BCUT2D eigenvalue weighted by molar-refractivity contribution is -0.150. The maximum atomic E-state index is 12.9. The van der Waals surface area contributed by atoms with Gasteiger partial charge >= 0.3 is 5.97 Å². The van der Waals surface area contributed by atoms with Crippen molar-refractivity contribution in [2.75, 3.05) is 6.54 Å². The standard InChI is InChI=1S/C17H31NO3/c1-5-8-9-18(12(4)6-2)16(19)14-10-13(7-3)11-15(14)17(20)21/h12-15H,5-11H2,1-4H3,(H,20,21)/t12?,13?,14-,15+/m0/s1. The van der Waals surface area contributed by atoms with Gasteiger partial charge in [0, 0.05) is 12.6 Å². The quantitative estimate of drug-likeness (QED) is 0.745. The molecule has 0 aliphatic heterocycles. The fraction of sp³-hybridized carbons (Fsp3) is 0.882. The Kier molecular flexibility index (Phi) is 7.20. The first kappa shape index (κ1) is 18.0. The summed E-state index contributed by atoms with van der Waals surface area (Å²) < 4.78 is 0. The van der Waals surface area contributed by atoms with Gasteiger partial charge in [0.05, 0.1) is 11.8 Å². The normalized spacial score (nSPS) is 26.6. The first-order chi connectivity index (χ1) is 9.96. The number of nitrogens with zero attached hydrogens (tertiary/aromatic N) is 1. The smallest absolute Gasteiger partial charge is 0.307 e. The molecule has 0 heterocycles. The summed E-state index contributed by atoms with van der Waals surface area (Å²) in [7, 11) is 0. The van der Waals surface area contributed by atoms with Gasteiger partial charge in [-0.25, -0.2) is 0 Å². The van der Waals surface area contributed by atoms with Crippen LogP contribution in [0.5, 0.6) is 0 Å². The van der Waals surface area contributed by atoms with Gasteiger partial charge in [-0.05, 0) is 38.5 Å². The molecule has 0 aromatic rings. The predicted molar refractivity (Wildman–Crippen MR) is 84.0 cm³/mol. The average molecular weight is 297 g/mol. The molecular formula is C17H31NO3. The average Bonchev–Trinajstić information content (AvgIpc) is 2.91. The van der Waals surface area contributed by atoms with E-state index in [1.807, 2.05) is 4.90 Å². The number of unbranched alkanes of at least 4 members (excludes halogenated alkanes) is 1. The number of rotatable bonds is 8. The molecule has 1 aliphatic carbocycles.